The fourth-order valence-corrected chi connectivity index (χ4v) is 1.33. The molecule has 0 saturated heterocycles. The summed E-state index contributed by atoms with van der Waals surface area (Å²) in [6.07, 6.45) is 3.85. The summed E-state index contributed by atoms with van der Waals surface area (Å²) >= 11 is 11.6. The van der Waals surface area contributed by atoms with Gasteiger partial charge in [-0.15, -0.1) is 0 Å². The molecule has 2 rings (SSSR count). The highest BCUT2D eigenvalue weighted by Gasteiger charge is 2.06. The van der Waals surface area contributed by atoms with Crippen LogP contribution in [0.3, 0.4) is 0 Å². The molecule has 0 bridgehead atoms. The van der Waals surface area contributed by atoms with E-state index >= 15 is 0 Å². The zero-order valence-corrected chi connectivity index (χ0v) is 8.34. The van der Waals surface area contributed by atoms with E-state index in [0.29, 0.717) is 15.8 Å². The van der Waals surface area contributed by atoms with Crippen molar-refractivity contribution in [3.8, 4) is 11.8 Å². The number of benzene rings is 1. The number of nitrogens with zero attached hydrogens (tertiary/aromatic N) is 1. The summed E-state index contributed by atoms with van der Waals surface area (Å²) in [4.78, 5) is 3.74. The molecule has 0 fully saturated rings. The number of hydrogen-bond donors (Lipinski definition) is 0. The molecular formula is C9H4Cl2NO2. The average molecular weight is 229 g/mol. The molecular weight excluding hydrogens is 225 g/mol. The zero-order chi connectivity index (χ0) is 9.97. The van der Waals surface area contributed by atoms with Crippen molar-refractivity contribution in [1.29, 1.82) is 0 Å². The van der Waals surface area contributed by atoms with Crippen molar-refractivity contribution in [3.05, 3.63) is 40.7 Å². The van der Waals surface area contributed by atoms with Gasteiger partial charge in [0.2, 0.25) is 0 Å². The van der Waals surface area contributed by atoms with Gasteiger partial charge in [-0.25, -0.2) is 0 Å². The molecule has 0 aliphatic carbocycles. The number of halogens is 2. The van der Waals surface area contributed by atoms with Crippen LogP contribution in [0.25, 0.3) is 0 Å². The number of hydrogen-bond acceptors (Lipinski definition) is 3. The quantitative estimate of drug-likeness (QED) is 0.789. The summed E-state index contributed by atoms with van der Waals surface area (Å²) in [6.45, 7) is 0. The monoisotopic (exact) mass is 228 g/mol. The van der Waals surface area contributed by atoms with E-state index in [1.165, 1.54) is 6.20 Å². The smallest absolute Gasteiger partial charge is 0.399 e. The maximum atomic E-state index is 5.86. The molecule has 0 amide bonds. The maximum Gasteiger partial charge on any atom is 0.399 e. The molecule has 1 heterocycles. The largest absolute Gasteiger partial charge is 0.409 e. The molecule has 0 spiro atoms. The van der Waals surface area contributed by atoms with E-state index < -0.39 is 0 Å². The van der Waals surface area contributed by atoms with Gasteiger partial charge in [-0.3, -0.25) is 0 Å². The first-order chi connectivity index (χ1) is 6.75. The molecule has 71 valence electrons. The minimum absolute atomic E-state index is 0.0919. The van der Waals surface area contributed by atoms with Gasteiger partial charge in [0.05, 0.1) is 11.2 Å². The second-order valence-electron chi connectivity index (χ2n) is 2.42. The molecule has 1 radical (unpaired) electrons. The Hall–Kier alpha value is -1.19. The third-order valence-electron chi connectivity index (χ3n) is 1.46. The first-order valence-electron chi connectivity index (χ1n) is 3.70. The summed E-state index contributed by atoms with van der Waals surface area (Å²) < 4.78 is 9.98. The van der Waals surface area contributed by atoms with E-state index in [-0.39, 0.29) is 6.08 Å². The zero-order valence-electron chi connectivity index (χ0n) is 6.83. The van der Waals surface area contributed by atoms with E-state index in [1.807, 2.05) is 0 Å². The maximum absolute atomic E-state index is 5.86. The number of aromatic nitrogens is 1. The second-order valence-corrected chi connectivity index (χ2v) is 3.26. The molecule has 14 heavy (non-hydrogen) atoms. The summed E-state index contributed by atoms with van der Waals surface area (Å²) in [5, 5.41) is 0.942. The predicted molar refractivity (Wildman–Crippen MR) is 51.9 cm³/mol. The van der Waals surface area contributed by atoms with Crippen LogP contribution >= 0.6 is 23.2 Å². The Morgan fingerprint density at radius 3 is 2.86 bits per heavy atom. The van der Waals surface area contributed by atoms with E-state index in [0.717, 1.165) is 0 Å². The van der Waals surface area contributed by atoms with Crippen LogP contribution < -0.4 is 4.74 Å². The molecule has 0 atom stereocenters. The summed E-state index contributed by atoms with van der Waals surface area (Å²) in [6, 6.07) is 4.87. The molecule has 5 heteroatoms. The lowest BCUT2D eigenvalue weighted by molar-refractivity contribution is 0.328. The van der Waals surface area contributed by atoms with Crippen molar-refractivity contribution >= 4 is 23.2 Å². The Balaban J connectivity index is 2.25. The van der Waals surface area contributed by atoms with Gasteiger partial charge in [0.15, 0.2) is 12.0 Å². The molecule has 2 aromatic rings. The summed E-state index contributed by atoms with van der Waals surface area (Å²) in [5.74, 6) is 0.437. The summed E-state index contributed by atoms with van der Waals surface area (Å²) in [5.41, 5.74) is 0. The van der Waals surface area contributed by atoms with Crippen molar-refractivity contribution in [3.63, 3.8) is 0 Å². The van der Waals surface area contributed by atoms with Gasteiger partial charge in [-0.2, -0.15) is 4.98 Å². The van der Waals surface area contributed by atoms with Gasteiger partial charge in [0, 0.05) is 5.02 Å². The van der Waals surface area contributed by atoms with Gasteiger partial charge in [0.25, 0.3) is 0 Å². The Labute approximate surface area is 90.2 Å². The van der Waals surface area contributed by atoms with Crippen molar-refractivity contribution in [1.82, 2.24) is 4.98 Å². The molecule has 1 aromatic carbocycles. The minimum atomic E-state index is 0.0919. The molecule has 0 N–H and O–H groups in total. The van der Waals surface area contributed by atoms with Crippen LogP contribution in [-0.4, -0.2) is 4.98 Å². The Morgan fingerprint density at radius 2 is 2.21 bits per heavy atom. The predicted octanol–water partition coefficient (Wildman–Crippen LogP) is 3.57. The topological polar surface area (TPSA) is 35.3 Å². The van der Waals surface area contributed by atoms with Gasteiger partial charge >= 0.3 is 6.08 Å². The van der Waals surface area contributed by atoms with Gasteiger partial charge in [0.1, 0.15) is 0 Å². The van der Waals surface area contributed by atoms with E-state index in [2.05, 4.69) is 11.2 Å². The lowest BCUT2D eigenvalue weighted by atomic mass is 10.3. The van der Waals surface area contributed by atoms with Crippen molar-refractivity contribution in [2.75, 3.05) is 0 Å². The van der Waals surface area contributed by atoms with Crippen LogP contribution in [0.4, 0.5) is 0 Å². The van der Waals surface area contributed by atoms with Crippen LogP contribution in [0.2, 0.25) is 10.0 Å². The number of oxazole rings is 1. The third-order valence-corrected chi connectivity index (χ3v) is 1.99. The highest BCUT2D eigenvalue weighted by molar-refractivity contribution is 6.35. The number of ether oxygens (including phenoxy) is 1. The molecule has 0 aliphatic heterocycles. The van der Waals surface area contributed by atoms with Crippen LogP contribution in [0.5, 0.6) is 11.8 Å². The summed E-state index contributed by atoms with van der Waals surface area (Å²) in [7, 11) is 0. The van der Waals surface area contributed by atoms with E-state index in [1.54, 1.807) is 18.2 Å². The molecule has 0 unspecified atom stereocenters. The fraction of sp³-hybridized carbons (Fsp3) is 0. The highest BCUT2D eigenvalue weighted by atomic mass is 35.5. The van der Waals surface area contributed by atoms with Crippen LogP contribution in [0.1, 0.15) is 0 Å². The number of rotatable bonds is 2. The minimum Gasteiger partial charge on any atom is -0.409 e. The van der Waals surface area contributed by atoms with E-state index in [4.69, 9.17) is 32.4 Å². The normalized spacial score (nSPS) is 10.1. The van der Waals surface area contributed by atoms with Crippen molar-refractivity contribution in [2.24, 2.45) is 0 Å². The fourth-order valence-electron chi connectivity index (χ4n) is 0.881. The lowest BCUT2D eigenvalue weighted by Gasteiger charge is -2.02. The van der Waals surface area contributed by atoms with Crippen LogP contribution in [0, 0.1) is 6.26 Å². The third kappa shape index (κ3) is 2.00. The average Bonchev–Trinajstić information content (AvgIpc) is 2.62. The van der Waals surface area contributed by atoms with Gasteiger partial charge < -0.3 is 9.15 Å². The standard InChI is InChI=1S/C9H4Cl2NO2/c10-6-1-2-8(7(11)5-6)14-9-12-3-4-13-9/h1-3,5H. The molecule has 1 aromatic heterocycles. The Morgan fingerprint density at radius 1 is 1.36 bits per heavy atom. The highest BCUT2D eigenvalue weighted by Crippen LogP contribution is 2.30. The first kappa shape index (κ1) is 9.37. The first-order valence-corrected chi connectivity index (χ1v) is 4.46. The lowest BCUT2D eigenvalue weighted by Crippen LogP contribution is -1.84. The molecule has 0 aliphatic rings. The van der Waals surface area contributed by atoms with Crippen molar-refractivity contribution in [2.45, 2.75) is 0 Å². The second kappa shape index (κ2) is 3.90. The van der Waals surface area contributed by atoms with Gasteiger partial charge in [-0.1, -0.05) is 23.2 Å². The van der Waals surface area contributed by atoms with Crippen molar-refractivity contribution < 1.29 is 9.15 Å². The SMILES string of the molecule is Clc1ccc(Oc2nc[c]o2)c(Cl)c1. The molecule has 3 nitrogen and oxygen atoms in total. The Kier molecular flexibility index (Phi) is 2.61. The van der Waals surface area contributed by atoms with Crippen LogP contribution in [-0.2, 0) is 0 Å². The molecule has 0 saturated carbocycles. The van der Waals surface area contributed by atoms with E-state index in [9.17, 15) is 0 Å². The van der Waals surface area contributed by atoms with Crippen LogP contribution in [0.15, 0.2) is 28.8 Å². The van der Waals surface area contributed by atoms with Gasteiger partial charge in [-0.05, 0) is 18.2 Å². The Bertz CT molecular complexity index is 428.